The second-order valence-corrected chi connectivity index (χ2v) is 6.37. The quantitative estimate of drug-likeness (QED) is 0.657. The summed E-state index contributed by atoms with van der Waals surface area (Å²) in [7, 11) is 3.62. The fourth-order valence-electron chi connectivity index (χ4n) is 3.08. The van der Waals surface area contributed by atoms with Crippen LogP contribution < -0.4 is 16.0 Å². The summed E-state index contributed by atoms with van der Waals surface area (Å²) >= 11 is 0. The van der Waals surface area contributed by atoms with Gasteiger partial charge in [0.1, 0.15) is 0 Å². The van der Waals surface area contributed by atoms with Crippen LogP contribution in [0.4, 0.5) is 17.2 Å². The van der Waals surface area contributed by atoms with E-state index in [0.717, 1.165) is 11.1 Å². The Morgan fingerprint density at radius 1 is 1.22 bits per heavy atom. The number of amides is 2. The van der Waals surface area contributed by atoms with Crippen LogP contribution >= 0.6 is 0 Å². The number of nitrogens with one attached hydrogen (secondary N) is 3. The van der Waals surface area contributed by atoms with Crippen LogP contribution in [0, 0.1) is 0 Å². The van der Waals surface area contributed by atoms with Crippen LogP contribution in [0.1, 0.15) is 16.8 Å². The number of hydrogen-bond donors (Lipinski definition) is 3. The van der Waals surface area contributed by atoms with E-state index in [1.807, 2.05) is 19.4 Å². The van der Waals surface area contributed by atoms with Gasteiger partial charge in [0.05, 0.1) is 23.1 Å². The van der Waals surface area contributed by atoms with Crippen molar-refractivity contribution in [2.45, 2.75) is 6.42 Å². The molecular weight excluding hydrogens is 346 g/mol. The summed E-state index contributed by atoms with van der Waals surface area (Å²) in [5.74, 6) is 0.0625. The number of rotatable bonds is 3. The van der Waals surface area contributed by atoms with E-state index in [1.165, 1.54) is 0 Å². The molecule has 9 nitrogen and oxygen atoms in total. The molecule has 3 aromatic rings. The topological polar surface area (TPSA) is 106 Å². The third kappa shape index (κ3) is 3.26. The van der Waals surface area contributed by atoms with E-state index in [-0.39, 0.29) is 11.8 Å². The highest BCUT2D eigenvalue weighted by Gasteiger charge is 2.21. The average molecular weight is 365 g/mol. The van der Waals surface area contributed by atoms with E-state index in [1.54, 1.807) is 40.8 Å². The smallest absolute Gasteiger partial charge is 0.259 e. The van der Waals surface area contributed by atoms with Gasteiger partial charge in [0.2, 0.25) is 5.91 Å². The lowest BCUT2D eigenvalue weighted by atomic mass is 10.1. The van der Waals surface area contributed by atoms with Crippen LogP contribution in [-0.4, -0.2) is 37.9 Å². The number of aromatic nitrogens is 4. The third-order valence-corrected chi connectivity index (χ3v) is 4.31. The third-order valence-electron chi connectivity index (χ3n) is 4.31. The maximum absolute atomic E-state index is 12.9. The summed E-state index contributed by atoms with van der Waals surface area (Å²) in [4.78, 5) is 24.7. The van der Waals surface area contributed by atoms with Gasteiger partial charge in [0, 0.05) is 50.6 Å². The van der Waals surface area contributed by atoms with Gasteiger partial charge in [-0.05, 0) is 12.1 Å². The second-order valence-electron chi connectivity index (χ2n) is 6.37. The second kappa shape index (κ2) is 6.60. The van der Waals surface area contributed by atoms with Crippen molar-refractivity contribution in [2.75, 3.05) is 22.5 Å². The first-order valence-electron chi connectivity index (χ1n) is 8.52. The molecule has 0 saturated carbocycles. The molecule has 9 heteroatoms. The minimum Gasteiger partial charge on any atom is -0.382 e. The van der Waals surface area contributed by atoms with Gasteiger partial charge >= 0.3 is 0 Å². The Hall–Kier alpha value is -3.62. The highest BCUT2D eigenvalue weighted by molar-refractivity contribution is 6.12. The normalized spacial score (nSPS) is 13.3. The first-order chi connectivity index (χ1) is 13.0. The fourth-order valence-corrected chi connectivity index (χ4v) is 3.08. The van der Waals surface area contributed by atoms with Crippen molar-refractivity contribution in [3.05, 3.63) is 42.4 Å². The monoisotopic (exact) mass is 365 g/mol. The molecular formula is C18H19N7O2. The van der Waals surface area contributed by atoms with Gasteiger partial charge < -0.3 is 16.0 Å². The first-order valence-corrected chi connectivity index (χ1v) is 8.52. The first kappa shape index (κ1) is 16.8. The zero-order chi connectivity index (χ0) is 19.0. The van der Waals surface area contributed by atoms with Crippen LogP contribution in [0.25, 0.3) is 11.1 Å². The van der Waals surface area contributed by atoms with E-state index in [9.17, 15) is 9.59 Å². The lowest BCUT2D eigenvalue weighted by molar-refractivity contribution is -0.115. The van der Waals surface area contributed by atoms with Gasteiger partial charge in [-0.15, -0.1) is 0 Å². The molecule has 1 aliphatic rings. The van der Waals surface area contributed by atoms with Crippen molar-refractivity contribution in [1.82, 2.24) is 19.6 Å². The Balaban J connectivity index is 1.66. The molecule has 0 saturated heterocycles. The summed E-state index contributed by atoms with van der Waals surface area (Å²) < 4.78 is 3.33. The van der Waals surface area contributed by atoms with E-state index >= 15 is 0 Å². The lowest BCUT2D eigenvalue weighted by Crippen LogP contribution is -2.16. The van der Waals surface area contributed by atoms with Crippen LogP contribution in [0.3, 0.4) is 0 Å². The summed E-state index contributed by atoms with van der Waals surface area (Å²) in [5, 5.41) is 17.4. The molecule has 0 spiro atoms. The predicted molar refractivity (Wildman–Crippen MR) is 102 cm³/mol. The van der Waals surface area contributed by atoms with Crippen molar-refractivity contribution in [1.29, 1.82) is 0 Å². The molecule has 0 unspecified atom stereocenters. The molecule has 3 heterocycles. The van der Waals surface area contributed by atoms with Crippen molar-refractivity contribution < 1.29 is 9.59 Å². The van der Waals surface area contributed by atoms with Gasteiger partial charge in [-0.2, -0.15) is 10.2 Å². The molecule has 2 amide bonds. The van der Waals surface area contributed by atoms with Crippen LogP contribution in [0.2, 0.25) is 0 Å². The summed E-state index contributed by atoms with van der Waals surface area (Å²) in [6.45, 7) is 0.466. The summed E-state index contributed by atoms with van der Waals surface area (Å²) in [5.41, 5.74) is 3.29. The molecule has 0 aliphatic carbocycles. The number of hydrogen-bond acceptors (Lipinski definition) is 5. The van der Waals surface area contributed by atoms with Gasteiger partial charge in [-0.1, -0.05) is 6.07 Å². The predicted octanol–water partition coefficient (Wildman–Crippen LogP) is 1.83. The molecule has 4 rings (SSSR count). The maximum Gasteiger partial charge on any atom is 0.259 e. The molecule has 138 valence electrons. The van der Waals surface area contributed by atoms with E-state index < -0.39 is 0 Å². The van der Waals surface area contributed by atoms with Gasteiger partial charge in [-0.25, -0.2) is 0 Å². The standard InChI is InChI=1S/C18H19N7O2/c1-24-9-11(8-20-24)13-10-25(2)23-17(13)22-18(27)12-4-3-5-14-16(12)19-7-6-15(26)21-14/h3-5,8-10,19H,6-7H2,1-2H3,(H,21,26)(H,22,23,27). The molecule has 0 radical (unpaired) electrons. The zero-order valence-electron chi connectivity index (χ0n) is 15.0. The summed E-state index contributed by atoms with van der Waals surface area (Å²) in [6, 6.07) is 5.22. The SMILES string of the molecule is Cn1cc(-c2cn(C)nc2NC(=O)c2cccc3c2NCCC(=O)N3)cn1. The van der Waals surface area contributed by atoms with Crippen LogP contribution in [0.15, 0.2) is 36.8 Å². The Labute approximate surface area is 155 Å². The highest BCUT2D eigenvalue weighted by atomic mass is 16.2. The minimum absolute atomic E-state index is 0.0811. The molecule has 3 N–H and O–H groups in total. The summed E-state index contributed by atoms with van der Waals surface area (Å²) in [6.07, 6.45) is 5.76. The molecule has 1 aliphatic heterocycles. The number of anilines is 3. The van der Waals surface area contributed by atoms with Crippen LogP contribution in [-0.2, 0) is 18.9 Å². The number of fused-ring (bicyclic) bond motifs is 1. The lowest BCUT2D eigenvalue weighted by Gasteiger charge is -2.13. The largest absolute Gasteiger partial charge is 0.382 e. The van der Waals surface area contributed by atoms with Crippen molar-refractivity contribution in [3.8, 4) is 11.1 Å². The van der Waals surface area contributed by atoms with E-state index in [2.05, 4.69) is 26.1 Å². The van der Waals surface area contributed by atoms with Crippen molar-refractivity contribution in [2.24, 2.45) is 14.1 Å². The average Bonchev–Trinajstić information content (AvgIpc) is 3.15. The van der Waals surface area contributed by atoms with E-state index in [4.69, 9.17) is 0 Å². The van der Waals surface area contributed by atoms with Gasteiger partial charge in [-0.3, -0.25) is 19.0 Å². The molecule has 0 fully saturated rings. The Bertz CT molecular complexity index is 1030. The van der Waals surface area contributed by atoms with Crippen molar-refractivity contribution >= 4 is 29.0 Å². The maximum atomic E-state index is 12.9. The minimum atomic E-state index is -0.306. The molecule has 1 aromatic carbocycles. The Kier molecular flexibility index (Phi) is 4.11. The molecule has 27 heavy (non-hydrogen) atoms. The highest BCUT2D eigenvalue weighted by Crippen LogP contribution is 2.30. The number of carbonyl (C=O) groups excluding carboxylic acids is 2. The number of nitrogens with zero attached hydrogens (tertiary/aromatic N) is 4. The van der Waals surface area contributed by atoms with E-state index in [0.29, 0.717) is 35.7 Å². The van der Waals surface area contributed by atoms with Crippen LogP contribution in [0.5, 0.6) is 0 Å². The number of para-hydroxylation sites is 1. The fraction of sp³-hybridized carbons (Fsp3) is 0.222. The number of carbonyl (C=O) groups is 2. The molecule has 2 aromatic heterocycles. The molecule has 0 bridgehead atoms. The van der Waals surface area contributed by atoms with Gasteiger partial charge in [0.15, 0.2) is 5.82 Å². The number of aryl methyl sites for hydroxylation is 2. The Morgan fingerprint density at radius 3 is 2.85 bits per heavy atom. The Morgan fingerprint density at radius 2 is 2.07 bits per heavy atom. The number of benzene rings is 1. The van der Waals surface area contributed by atoms with Crippen molar-refractivity contribution in [3.63, 3.8) is 0 Å². The zero-order valence-corrected chi connectivity index (χ0v) is 15.0. The van der Waals surface area contributed by atoms with Gasteiger partial charge in [0.25, 0.3) is 5.91 Å². The molecule has 0 atom stereocenters.